The van der Waals surface area contributed by atoms with E-state index in [-0.39, 0.29) is 17.9 Å². The summed E-state index contributed by atoms with van der Waals surface area (Å²) in [7, 11) is 0. The second kappa shape index (κ2) is 6.01. The molecule has 6 nitrogen and oxygen atoms in total. The molecular formula is C16H18N4O2. The predicted molar refractivity (Wildman–Crippen MR) is 82.5 cm³/mol. The van der Waals surface area contributed by atoms with Gasteiger partial charge in [-0.05, 0) is 18.6 Å². The first-order valence-corrected chi connectivity index (χ1v) is 7.30. The highest BCUT2D eigenvalue weighted by molar-refractivity contribution is 5.94. The number of hydrogen-bond acceptors (Lipinski definition) is 3. The van der Waals surface area contributed by atoms with E-state index in [0.717, 1.165) is 6.42 Å². The van der Waals surface area contributed by atoms with E-state index in [2.05, 4.69) is 10.4 Å². The van der Waals surface area contributed by atoms with Crippen LogP contribution in [0.15, 0.2) is 42.6 Å². The molecule has 3 rings (SSSR count). The fourth-order valence-electron chi connectivity index (χ4n) is 2.69. The second-order valence-corrected chi connectivity index (χ2v) is 5.42. The lowest BCUT2D eigenvalue weighted by atomic mass is 10.2. The molecular weight excluding hydrogens is 280 g/mol. The van der Waals surface area contributed by atoms with Crippen molar-refractivity contribution in [2.45, 2.75) is 19.4 Å². The van der Waals surface area contributed by atoms with Gasteiger partial charge in [-0.2, -0.15) is 5.10 Å². The van der Waals surface area contributed by atoms with E-state index in [1.807, 2.05) is 46.1 Å². The minimum absolute atomic E-state index is 0.0531. The van der Waals surface area contributed by atoms with Gasteiger partial charge in [-0.1, -0.05) is 18.2 Å². The summed E-state index contributed by atoms with van der Waals surface area (Å²) in [5, 5.41) is 7.00. The summed E-state index contributed by atoms with van der Waals surface area (Å²) in [6, 6.07) is 11.2. The standard InChI is InChI=1S/C16H18N4O2/c1-12(21)17-15-8-10-20(18-15)14-7-9-19(11-14)16(22)13-5-3-2-4-6-13/h2-6,8,10,14H,7,9,11H2,1H3,(H,17,18,21). The van der Waals surface area contributed by atoms with Gasteiger partial charge in [0.2, 0.25) is 5.91 Å². The molecule has 0 spiro atoms. The third-order valence-corrected chi connectivity index (χ3v) is 3.76. The minimum atomic E-state index is -0.141. The fraction of sp³-hybridized carbons (Fsp3) is 0.312. The smallest absolute Gasteiger partial charge is 0.253 e. The van der Waals surface area contributed by atoms with E-state index in [9.17, 15) is 9.59 Å². The molecule has 0 radical (unpaired) electrons. The lowest BCUT2D eigenvalue weighted by Crippen LogP contribution is -2.29. The Balaban J connectivity index is 1.66. The Morgan fingerprint density at radius 1 is 1.23 bits per heavy atom. The number of likely N-dealkylation sites (tertiary alicyclic amines) is 1. The Labute approximate surface area is 128 Å². The van der Waals surface area contributed by atoms with Crippen molar-refractivity contribution >= 4 is 17.6 Å². The van der Waals surface area contributed by atoms with Gasteiger partial charge >= 0.3 is 0 Å². The first-order valence-electron chi connectivity index (χ1n) is 7.30. The summed E-state index contributed by atoms with van der Waals surface area (Å²) in [6.07, 6.45) is 2.70. The van der Waals surface area contributed by atoms with Crippen LogP contribution in [0.4, 0.5) is 5.82 Å². The van der Waals surface area contributed by atoms with E-state index in [1.54, 1.807) is 6.07 Å². The average molecular weight is 298 g/mol. The molecule has 2 heterocycles. The number of aromatic nitrogens is 2. The van der Waals surface area contributed by atoms with Crippen molar-refractivity contribution in [2.24, 2.45) is 0 Å². The normalized spacial score (nSPS) is 17.5. The summed E-state index contributed by atoms with van der Waals surface area (Å²) in [6.45, 7) is 2.80. The first kappa shape index (κ1) is 14.3. The summed E-state index contributed by atoms with van der Waals surface area (Å²) in [5.74, 6) is 0.454. The maximum Gasteiger partial charge on any atom is 0.253 e. The predicted octanol–water partition coefficient (Wildman–Crippen LogP) is 1.93. The van der Waals surface area contributed by atoms with Crippen molar-refractivity contribution in [3.8, 4) is 0 Å². The maximum absolute atomic E-state index is 12.4. The Morgan fingerprint density at radius 3 is 2.73 bits per heavy atom. The summed E-state index contributed by atoms with van der Waals surface area (Å²) in [5.41, 5.74) is 0.711. The molecule has 2 aromatic rings. The van der Waals surface area contributed by atoms with Crippen molar-refractivity contribution < 1.29 is 9.59 Å². The molecule has 6 heteroatoms. The lowest BCUT2D eigenvalue weighted by Gasteiger charge is -2.16. The largest absolute Gasteiger partial charge is 0.336 e. The fourth-order valence-corrected chi connectivity index (χ4v) is 2.69. The highest BCUT2D eigenvalue weighted by Crippen LogP contribution is 2.23. The molecule has 1 unspecified atom stereocenters. The van der Waals surface area contributed by atoms with Crippen LogP contribution in [-0.4, -0.2) is 39.6 Å². The van der Waals surface area contributed by atoms with E-state index in [0.29, 0.717) is 24.5 Å². The number of hydrogen-bond donors (Lipinski definition) is 1. The number of benzene rings is 1. The Morgan fingerprint density at radius 2 is 2.00 bits per heavy atom. The van der Waals surface area contributed by atoms with Crippen LogP contribution in [0.25, 0.3) is 0 Å². The van der Waals surface area contributed by atoms with Crippen molar-refractivity contribution in [1.82, 2.24) is 14.7 Å². The molecule has 114 valence electrons. The Hall–Kier alpha value is -2.63. The van der Waals surface area contributed by atoms with E-state index in [4.69, 9.17) is 0 Å². The van der Waals surface area contributed by atoms with E-state index < -0.39 is 0 Å². The van der Waals surface area contributed by atoms with Gasteiger partial charge in [-0.15, -0.1) is 0 Å². The zero-order chi connectivity index (χ0) is 15.5. The van der Waals surface area contributed by atoms with Crippen molar-refractivity contribution in [1.29, 1.82) is 0 Å². The number of carbonyl (C=O) groups is 2. The summed E-state index contributed by atoms with van der Waals surface area (Å²) in [4.78, 5) is 25.3. The molecule has 0 aliphatic carbocycles. The van der Waals surface area contributed by atoms with Crippen LogP contribution in [0.1, 0.15) is 29.7 Å². The minimum Gasteiger partial charge on any atom is -0.336 e. The third-order valence-electron chi connectivity index (χ3n) is 3.76. The Kier molecular flexibility index (Phi) is 3.91. The molecule has 1 aliphatic heterocycles. The topological polar surface area (TPSA) is 67.2 Å². The van der Waals surface area contributed by atoms with Crippen molar-refractivity contribution in [3.05, 3.63) is 48.2 Å². The molecule has 1 aromatic carbocycles. The maximum atomic E-state index is 12.4. The van der Waals surface area contributed by atoms with Gasteiger partial charge in [0.1, 0.15) is 0 Å². The quantitative estimate of drug-likeness (QED) is 0.941. The SMILES string of the molecule is CC(=O)Nc1ccn(C2CCN(C(=O)c3ccccc3)C2)n1. The van der Waals surface area contributed by atoms with Gasteiger partial charge in [0.05, 0.1) is 6.04 Å². The molecule has 1 aliphatic rings. The van der Waals surface area contributed by atoms with E-state index in [1.165, 1.54) is 6.92 Å². The summed E-state index contributed by atoms with van der Waals surface area (Å²) < 4.78 is 1.82. The number of carbonyl (C=O) groups excluding carboxylic acids is 2. The average Bonchev–Trinajstić information content (AvgIpc) is 3.15. The third kappa shape index (κ3) is 3.00. The molecule has 1 fully saturated rings. The zero-order valence-electron chi connectivity index (χ0n) is 12.4. The number of amides is 2. The van der Waals surface area contributed by atoms with Crippen LogP contribution in [0, 0.1) is 0 Å². The number of anilines is 1. The zero-order valence-corrected chi connectivity index (χ0v) is 12.4. The highest BCUT2D eigenvalue weighted by Gasteiger charge is 2.28. The van der Waals surface area contributed by atoms with Crippen LogP contribution >= 0.6 is 0 Å². The van der Waals surface area contributed by atoms with Crippen molar-refractivity contribution in [2.75, 3.05) is 18.4 Å². The molecule has 0 bridgehead atoms. The molecule has 1 aromatic heterocycles. The molecule has 1 atom stereocenters. The number of rotatable bonds is 3. The number of nitrogens with one attached hydrogen (secondary N) is 1. The Bertz CT molecular complexity index is 680. The van der Waals surface area contributed by atoms with Gasteiger partial charge < -0.3 is 10.2 Å². The van der Waals surface area contributed by atoms with Crippen LogP contribution in [0.2, 0.25) is 0 Å². The first-order chi connectivity index (χ1) is 10.6. The molecule has 1 N–H and O–H groups in total. The van der Waals surface area contributed by atoms with Gasteiger partial charge in [0.15, 0.2) is 5.82 Å². The second-order valence-electron chi connectivity index (χ2n) is 5.42. The molecule has 2 amide bonds. The van der Waals surface area contributed by atoms with E-state index >= 15 is 0 Å². The number of nitrogens with zero attached hydrogens (tertiary/aromatic N) is 3. The van der Waals surface area contributed by atoms with Crippen LogP contribution in [-0.2, 0) is 4.79 Å². The van der Waals surface area contributed by atoms with Gasteiger partial charge in [0, 0.05) is 37.8 Å². The van der Waals surface area contributed by atoms with Crippen LogP contribution < -0.4 is 5.32 Å². The lowest BCUT2D eigenvalue weighted by molar-refractivity contribution is -0.114. The molecule has 22 heavy (non-hydrogen) atoms. The van der Waals surface area contributed by atoms with Crippen molar-refractivity contribution in [3.63, 3.8) is 0 Å². The monoisotopic (exact) mass is 298 g/mol. The van der Waals surface area contributed by atoms with Gasteiger partial charge in [-0.3, -0.25) is 14.3 Å². The van der Waals surface area contributed by atoms with Crippen LogP contribution in [0.5, 0.6) is 0 Å². The van der Waals surface area contributed by atoms with Gasteiger partial charge in [-0.25, -0.2) is 0 Å². The summed E-state index contributed by atoms with van der Waals surface area (Å²) >= 11 is 0. The van der Waals surface area contributed by atoms with Gasteiger partial charge in [0.25, 0.3) is 5.91 Å². The molecule has 0 saturated carbocycles. The van der Waals surface area contributed by atoms with Crippen LogP contribution in [0.3, 0.4) is 0 Å². The molecule has 1 saturated heterocycles. The highest BCUT2D eigenvalue weighted by atomic mass is 16.2.